The first-order chi connectivity index (χ1) is 11.1. The van der Waals surface area contributed by atoms with E-state index in [2.05, 4.69) is 10.1 Å². The number of H-pyrrole nitrogens is 1. The van der Waals surface area contributed by atoms with Crippen LogP contribution < -0.4 is 5.56 Å². The van der Waals surface area contributed by atoms with Gasteiger partial charge in [-0.3, -0.25) is 4.79 Å². The summed E-state index contributed by atoms with van der Waals surface area (Å²) in [7, 11) is 0. The summed E-state index contributed by atoms with van der Waals surface area (Å²) in [6.45, 7) is 2.40. The Hall–Kier alpha value is -2.60. The number of hydrogen-bond donors (Lipinski definition) is 1. The van der Waals surface area contributed by atoms with E-state index < -0.39 is 5.97 Å². The molecule has 0 aliphatic carbocycles. The lowest BCUT2D eigenvalue weighted by Crippen LogP contribution is -2.14. The number of esters is 1. The molecular weight excluding hydrogens is 318 g/mol. The minimum absolute atomic E-state index is 0.216. The maximum Gasteiger partial charge on any atom is 0.339 e. The first kappa shape index (κ1) is 15.3. The van der Waals surface area contributed by atoms with Crippen molar-refractivity contribution < 1.29 is 9.53 Å². The van der Waals surface area contributed by atoms with Crippen LogP contribution in [0.15, 0.2) is 41.3 Å². The Balaban J connectivity index is 2.04. The zero-order valence-corrected chi connectivity index (χ0v) is 13.1. The van der Waals surface area contributed by atoms with Crippen molar-refractivity contribution in [1.82, 2.24) is 14.8 Å². The Kier molecular flexibility index (Phi) is 4.16. The number of fused-ring (bicyclic) bond motifs is 1. The smallest absolute Gasteiger partial charge is 0.339 e. The van der Waals surface area contributed by atoms with Crippen LogP contribution in [0.25, 0.3) is 11.0 Å². The van der Waals surface area contributed by atoms with Gasteiger partial charge in [-0.25, -0.2) is 9.48 Å². The summed E-state index contributed by atoms with van der Waals surface area (Å²) in [5.74, 6) is -0.533. The second-order valence-corrected chi connectivity index (χ2v) is 5.40. The highest BCUT2D eigenvalue weighted by atomic mass is 35.5. The van der Waals surface area contributed by atoms with Gasteiger partial charge in [-0.15, -0.1) is 0 Å². The van der Waals surface area contributed by atoms with Crippen molar-refractivity contribution in [3.63, 3.8) is 0 Å². The molecule has 0 atom stereocenters. The number of nitrogens with one attached hydrogen (secondary N) is 1. The van der Waals surface area contributed by atoms with Crippen LogP contribution in [0.5, 0.6) is 0 Å². The molecule has 6 nitrogen and oxygen atoms in total. The normalized spacial score (nSPS) is 10.9. The molecule has 118 valence electrons. The molecule has 2 heterocycles. The van der Waals surface area contributed by atoms with Gasteiger partial charge in [-0.05, 0) is 24.6 Å². The van der Waals surface area contributed by atoms with Gasteiger partial charge < -0.3 is 9.72 Å². The number of pyridine rings is 1. The van der Waals surface area contributed by atoms with Crippen LogP contribution >= 0.6 is 11.6 Å². The number of benzene rings is 1. The van der Waals surface area contributed by atoms with E-state index >= 15 is 0 Å². The molecule has 7 heteroatoms. The Bertz CT molecular complexity index is 912. The minimum Gasteiger partial charge on any atom is -0.462 e. The lowest BCUT2D eigenvalue weighted by molar-refractivity contribution is 0.0528. The van der Waals surface area contributed by atoms with Crippen LogP contribution in [-0.2, 0) is 11.3 Å². The van der Waals surface area contributed by atoms with Crippen molar-refractivity contribution in [2.45, 2.75) is 13.5 Å². The molecular formula is C16H14ClN3O3. The molecule has 0 fully saturated rings. The molecule has 23 heavy (non-hydrogen) atoms. The maximum absolute atomic E-state index is 12.0. The Labute approximate surface area is 136 Å². The van der Waals surface area contributed by atoms with E-state index in [-0.39, 0.29) is 17.7 Å². The van der Waals surface area contributed by atoms with Crippen LogP contribution in [0, 0.1) is 0 Å². The lowest BCUT2D eigenvalue weighted by Gasteiger charge is -2.05. The number of aromatic nitrogens is 3. The third-order valence-corrected chi connectivity index (χ3v) is 3.64. The third kappa shape index (κ3) is 3.12. The van der Waals surface area contributed by atoms with Crippen LogP contribution in [0.4, 0.5) is 0 Å². The number of halogens is 1. The summed E-state index contributed by atoms with van der Waals surface area (Å²) < 4.78 is 6.62. The average molecular weight is 332 g/mol. The maximum atomic E-state index is 12.0. The van der Waals surface area contributed by atoms with Crippen molar-refractivity contribution in [3.8, 4) is 0 Å². The zero-order valence-electron chi connectivity index (χ0n) is 12.4. The molecule has 1 N–H and O–H groups in total. The van der Waals surface area contributed by atoms with Gasteiger partial charge >= 0.3 is 5.97 Å². The van der Waals surface area contributed by atoms with E-state index in [1.165, 1.54) is 6.07 Å². The second-order valence-electron chi connectivity index (χ2n) is 4.96. The summed E-state index contributed by atoms with van der Waals surface area (Å²) in [5.41, 5.74) is 1.30. The van der Waals surface area contributed by atoms with Crippen molar-refractivity contribution in [2.75, 3.05) is 6.61 Å². The molecule has 0 unspecified atom stereocenters. The molecule has 3 aromatic rings. The SMILES string of the molecule is CCOC(=O)c1cc(=O)[nH]c2c1cnn2Cc1ccc(Cl)cc1. The minimum atomic E-state index is -0.533. The van der Waals surface area contributed by atoms with Gasteiger partial charge in [-0.1, -0.05) is 23.7 Å². The highest BCUT2D eigenvalue weighted by molar-refractivity contribution is 6.30. The molecule has 2 aromatic heterocycles. The monoisotopic (exact) mass is 331 g/mol. The Morgan fingerprint density at radius 2 is 2.09 bits per heavy atom. The molecule has 1 aromatic carbocycles. The highest BCUT2D eigenvalue weighted by Crippen LogP contribution is 2.17. The Morgan fingerprint density at radius 3 is 2.78 bits per heavy atom. The molecule has 0 amide bonds. The predicted octanol–water partition coefficient (Wildman–Crippen LogP) is 2.60. The Morgan fingerprint density at radius 1 is 1.35 bits per heavy atom. The molecule has 0 aliphatic rings. The van der Waals surface area contributed by atoms with Gasteiger partial charge in [0.2, 0.25) is 5.56 Å². The number of ether oxygens (including phenoxy) is 1. The molecule has 0 saturated carbocycles. The molecule has 0 saturated heterocycles. The van der Waals surface area contributed by atoms with Gasteiger partial charge in [0.15, 0.2) is 0 Å². The molecule has 3 rings (SSSR count). The van der Waals surface area contributed by atoms with E-state index in [1.54, 1.807) is 29.9 Å². The summed E-state index contributed by atoms with van der Waals surface area (Å²) in [6, 6.07) is 8.56. The van der Waals surface area contributed by atoms with Gasteiger partial charge in [0, 0.05) is 11.1 Å². The summed E-state index contributed by atoms with van der Waals surface area (Å²) in [5, 5.41) is 5.47. The van der Waals surface area contributed by atoms with Crippen LogP contribution in [-0.4, -0.2) is 27.3 Å². The van der Waals surface area contributed by atoms with Gasteiger partial charge in [0.05, 0.1) is 30.3 Å². The fourth-order valence-electron chi connectivity index (χ4n) is 2.34. The molecule has 0 bridgehead atoms. The number of nitrogens with zero attached hydrogens (tertiary/aromatic N) is 2. The van der Waals surface area contributed by atoms with E-state index in [0.717, 1.165) is 5.56 Å². The van der Waals surface area contributed by atoms with Gasteiger partial charge in [0.25, 0.3) is 0 Å². The first-order valence-corrected chi connectivity index (χ1v) is 7.46. The summed E-state index contributed by atoms with van der Waals surface area (Å²) in [4.78, 5) is 26.5. The van der Waals surface area contributed by atoms with E-state index in [1.807, 2.05) is 12.1 Å². The van der Waals surface area contributed by atoms with Crippen LogP contribution in [0.1, 0.15) is 22.8 Å². The largest absolute Gasteiger partial charge is 0.462 e. The lowest BCUT2D eigenvalue weighted by atomic mass is 10.2. The number of rotatable bonds is 4. The van der Waals surface area contributed by atoms with Crippen molar-refractivity contribution in [2.24, 2.45) is 0 Å². The quantitative estimate of drug-likeness (QED) is 0.745. The van der Waals surface area contributed by atoms with Gasteiger partial charge in [0.1, 0.15) is 5.65 Å². The summed E-state index contributed by atoms with van der Waals surface area (Å²) >= 11 is 5.87. The highest BCUT2D eigenvalue weighted by Gasteiger charge is 2.16. The number of aromatic amines is 1. The average Bonchev–Trinajstić information content (AvgIpc) is 2.92. The second kappa shape index (κ2) is 6.26. The third-order valence-electron chi connectivity index (χ3n) is 3.39. The number of hydrogen-bond acceptors (Lipinski definition) is 4. The predicted molar refractivity (Wildman–Crippen MR) is 86.9 cm³/mol. The summed E-state index contributed by atoms with van der Waals surface area (Å²) in [6.07, 6.45) is 1.55. The first-order valence-electron chi connectivity index (χ1n) is 7.09. The van der Waals surface area contributed by atoms with Crippen molar-refractivity contribution >= 4 is 28.6 Å². The van der Waals surface area contributed by atoms with Crippen LogP contribution in [0.2, 0.25) is 5.02 Å². The molecule has 0 spiro atoms. The van der Waals surface area contributed by atoms with E-state index in [0.29, 0.717) is 22.6 Å². The topological polar surface area (TPSA) is 77.0 Å². The van der Waals surface area contributed by atoms with Gasteiger partial charge in [-0.2, -0.15) is 5.10 Å². The standard InChI is InChI=1S/C16H14ClN3O3/c1-2-23-16(22)12-7-14(21)19-15-13(12)8-18-20(15)9-10-3-5-11(17)6-4-10/h3-8H,2,9H2,1H3,(H,19,21). The molecule has 0 aliphatic heterocycles. The fourth-order valence-corrected chi connectivity index (χ4v) is 2.46. The fraction of sp³-hybridized carbons (Fsp3) is 0.188. The van der Waals surface area contributed by atoms with E-state index in [9.17, 15) is 9.59 Å². The van der Waals surface area contributed by atoms with Crippen LogP contribution in [0.3, 0.4) is 0 Å². The number of carbonyl (C=O) groups excluding carboxylic acids is 1. The van der Waals surface area contributed by atoms with E-state index in [4.69, 9.17) is 16.3 Å². The van der Waals surface area contributed by atoms with Crippen molar-refractivity contribution in [3.05, 3.63) is 63.0 Å². The van der Waals surface area contributed by atoms with Crippen molar-refractivity contribution in [1.29, 1.82) is 0 Å². The number of carbonyl (C=O) groups is 1. The zero-order chi connectivity index (χ0) is 16.4. The molecule has 0 radical (unpaired) electrons.